The van der Waals surface area contributed by atoms with Crippen molar-refractivity contribution in [2.24, 2.45) is 0 Å². The van der Waals surface area contributed by atoms with Gasteiger partial charge in [0.1, 0.15) is 0 Å². The third-order valence-corrected chi connectivity index (χ3v) is 2.43. The largest absolute Gasteiger partial charge is 0.481 e. The minimum Gasteiger partial charge on any atom is -0.481 e. The Bertz CT molecular complexity index is 352. The summed E-state index contributed by atoms with van der Waals surface area (Å²) in [5.74, 6) is -0.893. The Balaban J connectivity index is 2.85. The quantitative estimate of drug-likeness (QED) is 0.840. The second-order valence-corrected chi connectivity index (χ2v) is 3.71. The van der Waals surface area contributed by atoms with Crippen molar-refractivity contribution in [3.05, 3.63) is 28.5 Å². The van der Waals surface area contributed by atoms with Gasteiger partial charge in [-0.3, -0.25) is 9.78 Å². The van der Waals surface area contributed by atoms with E-state index in [1.54, 1.807) is 19.1 Å². The molecule has 3 nitrogen and oxygen atoms in total. The van der Waals surface area contributed by atoms with Gasteiger partial charge in [-0.05, 0) is 19.1 Å². The zero-order valence-electron chi connectivity index (χ0n) is 8.12. The lowest BCUT2D eigenvalue weighted by atomic mass is 10.0. The molecule has 0 amide bonds. The number of aryl methyl sites for hydroxylation is 1. The smallest absolute Gasteiger partial charge is 0.304 e. The molecule has 0 saturated heterocycles. The predicted octanol–water partition coefficient (Wildman–Crippen LogP) is 2.62. The first kappa shape index (κ1) is 11.0. The minimum absolute atomic E-state index is 0.0801. The van der Waals surface area contributed by atoms with Crippen LogP contribution in [-0.2, 0) is 4.79 Å². The molecular weight excluding hydrogens is 202 g/mol. The second kappa shape index (κ2) is 4.42. The van der Waals surface area contributed by atoms with E-state index in [1.807, 2.05) is 6.92 Å². The highest BCUT2D eigenvalue weighted by Crippen LogP contribution is 2.20. The Kier molecular flexibility index (Phi) is 3.47. The van der Waals surface area contributed by atoms with Crippen molar-refractivity contribution in [1.29, 1.82) is 0 Å². The SMILES string of the molecule is Cc1nc(C(C)CC(=O)O)ccc1Cl. The molecule has 76 valence electrons. The van der Waals surface area contributed by atoms with Crippen molar-refractivity contribution >= 4 is 17.6 Å². The van der Waals surface area contributed by atoms with Gasteiger partial charge >= 0.3 is 5.97 Å². The van der Waals surface area contributed by atoms with Gasteiger partial charge in [0.05, 0.1) is 17.1 Å². The van der Waals surface area contributed by atoms with Crippen molar-refractivity contribution in [2.75, 3.05) is 0 Å². The third kappa shape index (κ3) is 2.70. The molecule has 1 aromatic heterocycles. The molecule has 0 radical (unpaired) electrons. The maximum atomic E-state index is 10.5. The monoisotopic (exact) mass is 213 g/mol. The Labute approximate surface area is 87.7 Å². The lowest BCUT2D eigenvalue weighted by Crippen LogP contribution is -2.05. The first-order valence-corrected chi connectivity index (χ1v) is 4.73. The van der Waals surface area contributed by atoms with Crippen LogP contribution in [0, 0.1) is 6.92 Å². The molecule has 1 heterocycles. The molecular formula is C10H12ClNO2. The summed E-state index contributed by atoms with van der Waals surface area (Å²) in [5.41, 5.74) is 1.51. The van der Waals surface area contributed by atoms with E-state index < -0.39 is 5.97 Å². The molecule has 0 aromatic carbocycles. The van der Waals surface area contributed by atoms with E-state index in [-0.39, 0.29) is 12.3 Å². The topological polar surface area (TPSA) is 50.2 Å². The molecule has 1 atom stereocenters. The number of aliphatic carboxylic acids is 1. The number of hydrogen-bond acceptors (Lipinski definition) is 2. The molecule has 0 aliphatic heterocycles. The summed E-state index contributed by atoms with van der Waals surface area (Å²) in [6, 6.07) is 3.51. The van der Waals surface area contributed by atoms with E-state index in [9.17, 15) is 4.79 Å². The van der Waals surface area contributed by atoms with E-state index in [0.29, 0.717) is 5.02 Å². The van der Waals surface area contributed by atoms with Gasteiger partial charge in [0.2, 0.25) is 0 Å². The van der Waals surface area contributed by atoms with E-state index in [0.717, 1.165) is 11.4 Å². The molecule has 0 spiro atoms. The number of nitrogens with zero attached hydrogens (tertiary/aromatic N) is 1. The second-order valence-electron chi connectivity index (χ2n) is 3.30. The first-order chi connectivity index (χ1) is 6.50. The zero-order valence-corrected chi connectivity index (χ0v) is 8.88. The molecule has 0 aliphatic carbocycles. The van der Waals surface area contributed by atoms with Gasteiger partial charge in [-0.15, -0.1) is 0 Å². The molecule has 0 saturated carbocycles. The summed E-state index contributed by atoms with van der Waals surface area (Å²) in [5, 5.41) is 9.22. The number of carboxylic acid groups (broad SMARTS) is 1. The van der Waals surface area contributed by atoms with Crippen molar-refractivity contribution in [3.8, 4) is 0 Å². The van der Waals surface area contributed by atoms with Gasteiger partial charge < -0.3 is 5.11 Å². The number of aromatic nitrogens is 1. The van der Waals surface area contributed by atoms with Gasteiger partial charge in [0, 0.05) is 11.6 Å². The molecule has 4 heteroatoms. The van der Waals surface area contributed by atoms with Crippen molar-refractivity contribution in [2.45, 2.75) is 26.2 Å². The highest BCUT2D eigenvalue weighted by molar-refractivity contribution is 6.31. The van der Waals surface area contributed by atoms with Crippen LogP contribution in [-0.4, -0.2) is 16.1 Å². The Morgan fingerprint density at radius 1 is 1.64 bits per heavy atom. The van der Waals surface area contributed by atoms with Crippen LogP contribution in [0.3, 0.4) is 0 Å². The highest BCUT2D eigenvalue weighted by atomic mass is 35.5. The fourth-order valence-electron chi connectivity index (χ4n) is 1.20. The van der Waals surface area contributed by atoms with E-state index in [1.165, 1.54) is 0 Å². The summed E-state index contributed by atoms with van der Waals surface area (Å²) >= 11 is 5.81. The molecule has 1 aromatic rings. The summed E-state index contributed by atoms with van der Waals surface area (Å²) < 4.78 is 0. The Morgan fingerprint density at radius 2 is 2.29 bits per heavy atom. The summed E-state index contributed by atoms with van der Waals surface area (Å²) in [7, 11) is 0. The zero-order chi connectivity index (χ0) is 10.7. The van der Waals surface area contributed by atoms with Crippen LogP contribution in [0.5, 0.6) is 0 Å². The lowest BCUT2D eigenvalue weighted by Gasteiger charge is -2.09. The fraction of sp³-hybridized carbons (Fsp3) is 0.400. The van der Waals surface area contributed by atoms with E-state index >= 15 is 0 Å². The van der Waals surface area contributed by atoms with Crippen molar-refractivity contribution in [3.63, 3.8) is 0 Å². The maximum Gasteiger partial charge on any atom is 0.304 e. The standard InChI is InChI=1S/C10H12ClNO2/c1-6(5-10(13)14)9-4-3-8(11)7(2)12-9/h3-4,6H,5H2,1-2H3,(H,13,14). The van der Waals surface area contributed by atoms with Crippen LogP contribution in [0.4, 0.5) is 0 Å². The van der Waals surface area contributed by atoms with Crippen LogP contribution in [0.25, 0.3) is 0 Å². The normalized spacial score (nSPS) is 12.5. The molecule has 1 N–H and O–H groups in total. The summed E-state index contributed by atoms with van der Waals surface area (Å²) in [6.45, 7) is 3.64. The summed E-state index contributed by atoms with van der Waals surface area (Å²) in [6.07, 6.45) is 0.0913. The fourth-order valence-corrected chi connectivity index (χ4v) is 1.31. The summed E-state index contributed by atoms with van der Waals surface area (Å²) in [4.78, 5) is 14.7. The van der Waals surface area contributed by atoms with Crippen LogP contribution < -0.4 is 0 Å². The number of pyridine rings is 1. The number of hydrogen-bond donors (Lipinski definition) is 1. The van der Waals surface area contributed by atoms with Gasteiger partial charge in [0.15, 0.2) is 0 Å². The van der Waals surface area contributed by atoms with Crippen LogP contribution in [0.15, 0.2) is 12.1 Å². The maximum absolute atomic E-state index is 10.5. The number of halogens is 1. The van der Waals surface area contributed by atoms with Crippen molar-refractivity contribution in [1.82, 2.24) is 4.98 Å². The average molecular weight is 214 g/mol. The van der Waals surface area contributed by atoms with Crippen LogP contribution in [0.2, 0.25) is 5.02 Å². The number of carboxylic acids is 1. The minimum atomic E-state index is -0.813. The predicted molar refractivity (Wildman–Crippen MR) is 54.7 cm³/mol. The van der Waals surface area contributed by atoms with Crippen LogP contribution in [0.1, 0.15) is 30.7 Å². The lowest BCUT2D eigenvalue weighted by molar-refractivity contribution is -0.137. The van der Waals surface area contributed by atoms with Gasteiger partial charge in [-0.1, -0.05) is 18.5 Å². The Morgan fingerprint density at radius 3 is 2.79 bits per heavy atom. The molecule has 0 fully saturated rings. The van der Waals surface area contributed by atoms with Gasteiger partial charge in [-0.2, -0.15) is 0 Å². The number of carbonyl (C=O) groups is 1. The Hall–Kier alpha value is -1.09. The molecule has 1 rings (SSSR count). The number of rotatable bonds is 3. The van der Waals surface area contributed by atoms with Crippen molar-refractivity contribution < 1.29 is 9.90 Å². The molecule has 1 unspecified atom stereocenters. The average Bonchev–Trinajstić information content (AvgIpc) is 2.08. The van der Waals surface area contributed by atoms with E-state index in [4.69, 9.17) is 16.7 Å². The van der Waals surface area contributed by atoms with Crippen LogP contribution >= 0.6 is 11.6 Å². The molecule has 0 aliphatic rings. The van der Waals surface area contributed by atoms with Gasteiger partial charge in [0.25, 0.3) is 0 Å². The first-order valence-electron chi connectivity index (χ1n) is 4.35. The third-order valence-electron chi connectivity index (χ3n) is 2.03. The van der Waals surface area contributed by atoms with E-state index in [2.05, 4.69) is 4.98 Å². The molecule has 14 heavy (non-hydrogen) atoms. The van der Waals surface area contributed by atoms with Gasteiger partial charge in [-0.25, -0.2) is 0 Å². The molecule has 0 bridgehead atoms. The highest BCUT2D eigenvalue weighted by Gasteiger charge is 2.12.